The second-order valence-electron chi connectivity index (χ2n) is 3.62. The van der Waals surface area contributed by atoms with Gasteiger partial charge >= 0.3 is 5.97 Å². The van der Waals surface area contributed by atoms with Gasteiger partial charge in [0, 0.05) is 12.2 Å². The van der Waals surface area contributed by atoms with Crippen molar-refractivity contribution in [2.45, 2.75) is 18.9 Å². The molecule has 7 nitrogen and oxygen atoms in total. The lowest BCUT2D eigenvalue weighted by atomic mass is 10.1. The van der Waals surface area contributed by atoms with Crippen molar-refractivity contribution in [1.82, 2.24) is 5.32 Å². The van der Waals surface area contributed by atoms with E-state index in [0.717, 1.165) is 6.92 Å². The Morgan fingerprint density at radius 2 is 2.00 bits per heavy atom. The van der Waals surface area contributed by atoms with Crippen molar-refractivity contribution < 1.29 is 24.6 Å². The van der Waals surface area contributed by atoms with Crippen LogP contribution in [0.25, 0.3) is 0 Å². The number of nitrogens with one attached hydrogen (secondary N) is 1. The van der Waals surface area contributed by atoms with E-state index in [2.05, 4.69) is 5.32 Å². The highest BCUT2D eigenvalue weighted by Crippen LogP contribution is 2.03. The number of carboxylic acids is 1. The SMILES string of the molecule is CC(O)(CNC(=O)CCSCC(N)=O)C(=O)O. The third-order valence-electron chi connectivity index (χ3n) is 1.81. The number of hydrogen-bond acceptors (Lipinski definition) is 5. The molecule has 0 aromatic rings. The van der Waals surface area contributed by atoms with Crippen molar-refractivity contribution in [3.8, 4) is 0 Å². The maximum absolute atomic E-state index is 11.2. The second-order valence-corrected chi connectivity index (χ2v) is 4.73. The Kier molecular flexibility index (Phi) is 6.59. The van der Waals surface area contributed by atoms with Crippen LogP contribution in [0.15, 0.2) is 0 Å². The number of amides is 2. The fourth-order valence-corrected chi connectivity index (χ4v) is 1.45. The molecule has 0 aromatic carbocycles. The number of aliphatic hydroxyl groups is 1. The number of rotatable bonds is 8. The van der Waals surface area contributed by atoms with Gasteiger partial charge in [0.1, 0.15) is 0 Å². The molecule has 1 atom stereocenters. The molecule has 0 fully saturated rings. The first-order valence-corrected chi connectivity index (χ1v) is 5.99. The molecule has 0 saturated heterocycles. The smallest absolute Gasteiger partial charge is 0.337 e. The number of carbonyl (C=O) groups excluding carboxylic acids is 2. The van der Waals surface area contributed by atoms with Crippen molar-refractivity contribution in [1.29, 1.82) is 0 Å². The molecule has 0 bridgehead atoms. The normalized spacial score (nSPS) is 13.8. The highest BCUT2D eigenvalue weighted by atomic mass is 32.2. The summed E-state index contributed by atoms with van der Waals surface area (Å²) in [4.78, 5) is 32.1. The third-order valence-corrected chi connectivity index (χ3v) is 2.79. The maximum atomic E-state index is 11.2. The summed E-state index contributed by atoms with van der Waals surface area (Å²) < 4.78 is 0. The van der Waals surface area contributed by atoms with Crippen LogP contribution in [0.5, 0.6) is 0 Å². The van der Waals surface area contributed by atoms with Gasteiger partial charge in [0.2, 0.25) is 11.8 Å². The third kappa shape index (κ3) is 7.58. The minimum absolute atomic E-state index is 0.133. The van der Waals surface area contributed by atoms with Crippen LogP contribution >= 0.6 is 11.8 Å². The predicted molar refractivity (Wildman–Crippen MR) is 62.4 cm³/mol. The van der Waals surface area contributed by atoms with Crippen LogP contribution in [0.3, 0.4) is 0 Å². The maximum Gasteiger partial charge on any atom is 0.337 e. The van der Waals surface area contributed by atoms with E-state index in [4.69, 9.17) is 10.8 Å². The highest BCUT2D eigenvalue weighted by Gasteiger charge is 2.30. The lowest BCUT2D eigenvalue weighted by Gasteiger charge is -2.18. The van der Waals surface area contributed by atoms with E-state index in [0.29, 0.717) is 5.75 Å². The van der Waals surface area contributed by atoms with Gasteiger partial charge in [-0.15, -0.1) is 0 Å². The Labute approximate surface area is 103 Å². The summed E-state index contributed by atoms with van der Waals surface area (Å²) in [6.45, 7) is 0.735. The van der Waals surface area contributed by atoms with Crippen LogP contribution in [0.2, 0.25) is 0 Å². The van der Waals surface area contributed by atoms with Gasteiger partial charge < -0.3 is 21.3 Å². The van der Waals surface area contributed by atoms with Crippen LogP contribution in [-0.2, 0) is 14.4 Å². The monoisotopic (exact) mass is 264 g/mol. The van der Waals surface area contributed by atoms with E-state index in [1.165, 1.54) is 11.8 Å². The minimum atomic E-state index is -1.98. The molecule has 17 heavy (non-hydrogen) atoms. The average molecular weight is 264 g/mol. The molecule has 0 radical (unpaired) electrons. The van der Waals surface area contributed by atoms with Crippen molar-refractivity contribution in [3.63, 3.8) is 0 Å². The van der Waals surface area contributed by atoms with E-state index in [-0.39, 0.29) is 24.6 Å². The molecule has 1 unspecified atom stereocenters. The molecule has 0 rings (SSSR count). The predicted octanol–water partition coefficient (Wildman–Crippen LogP) is -1.45. The van der Waals surface area contributed by atoms with Crippen LogP contribution in [-0.4, -0.2) is 51.6 Å². The average Bonchev–Trinajstić information content (AvgIpc) is 2.21. The summed E-state index contributed by atoms with van der Waals surface area (Å²) in [5, 5.41) is 20.2. The van der Waals surface area contributed by atoms with Gasteiger partial charge in [-0.1, -0.05) is 0 Å². The number of nitrogens with two attached hydrogens (primary N) is 1. The first-order chi connectivity index (χ1) is 7.75. The molecule has 8 heteroatoms. The zero-order valence-electron chi connectivity index (χ0n) is 9.43. The quantitative estimate of drug-likeness (QED) is 0.397. The molecule has 0 saturated carbocycles. The number of carbonyl (C=O) groups is 3. The van der Waals surface area contributed by atoms with Gasteiger partial charge in [-0.05, 0) is 6.92 Å². The fraction of sp³-hybridized carbons (Fsp3) is 0.667. The molecule has 0 aromatic heterocycles. The molecular formula is C9H16N2O5S. The van der Waals surface area contributed by atoms with E-state index in [1.807, 2.05) is 0 Å². The number of hydrogen-bond donors (Lipinski definition) is 4. The van der Waals surface area contributed by atoms with Crippen LogP contribution < -0.4 is 11.1 Å². The topological polar surface area (TPSA) is 130 Å². The highest BCUT2D eigenvalue weighted by molar-refractivity contribution is 7.99. The molecule has 0 spiro atoms. The Morgan fingerprint density at radius 3 is 2.47 bits per heavy atom. The summed E-state index contributed by atoms with van der Waals surface area (Å²) in [5.41, 5.74) is 2.92. The number of aliphatic carboxylic acids is 1. The van der Waals surface area contributed by atoms with Crippen molar-refractivity contribution in [2.75, 3.05) is 18.1 Å². The summed E-state index contributed by atoms with van der Waals surface area (Å²) in [6.07, 6.45) is 0.133. The largest absolute Gasteiger partial charge is 0.479 e. The lowest BCUT2D eigenvalue weighted by Crippen LogP contribution is -2.46. The van der Waals surface area contributed by atoms with Crippen LogP contribution in [0.4, 0.5) is 0 Å². The van der Waals surface area contributed by atoms with Gasteiger partial charge in [0.15, 0.2) is 5.60 Å². The van der Waals surface area contributed by atoms with Crippen molar-refractivity contribution in [3.05, 3.63) is 0 Å². The van der Waals surface area contributed by atoms with Crippen LogP contribution in [0.1, 0.15) is 13.3 Å². The first kappa shape index (κ1) is 15.7. The molecule has 0 aliphatic carbocycles. The minimum Gasteiger partial charge on any atom is -0.479 e. The number of carboxylic acid groups (broad SMARTS) is 1. The Morgan fingerprint density at radius 1 is 1.41 bits per heavy atom. The molecule has 0 aliphatic heterocycles. The first-order valence-electron chi connectivity index (χ1n) is 4.84. The van der Waals surface area contributed by atoms with Crippen molar-refractivity contribution in [2.24, 2.45) is 5.73 Å². The van der Waals surface area contributed by atoms with Gasteiger partial charge in [-0.3, -0.25) is 9.59 Å². The molecule has 98 valence electrons. The number of primary amides is 1. The molecule has 0 heterocycles. The summed E-state index contributed by atoms with van der Waals surface area (Å²) in [7, 11) is 0. The lowest BCUT2D eigenvalue weighted by molar-refractivity contribution is -0.156. The Bertz CT molecular complexity index is 306. The second kappa shape index (κ2) is 7.13. The molecule has 2 amide bonds. The van der Waals surface area contributed by atoms with Gasteiger partial charge in [-0.25, -0.2) is 4.79 Å². The molecule has 0 aliphatic rings. The van der Waals surface area contributed by atoms with Crippen LogP contribution in [0, 0.1) is 0 Å². The zero-order chi connectivity index (χ0) is 13.5. The summed E-state index contributed by atoms with van der Waals surface area (Å²) in [5.74, 6) is -1.70. The zero-order valence-corrected chi connectivity index (χ0v) is 10.2. The van der Waals surface area contributed by atoms with Gasteiger partial charge in [-0.2, -0.15) is 11.8 Å². The molecular weight excluding hydrogens is 248 g/mol. The summed E-state index contributed by atoms with van der Waals surface area (Å²) >= 11 is 1.22. The summed E-state index contributed by atoms with van der Waals surface area (Å²) in [6, 6.07) is 0. The van der Waals surface area contributed by atoms with Gasteiger partial charge in [0.05, 0.1) is 12.3 Å². The van der Waals surface area contributed by atoms with E-state index >= 15 is 0 Å². The Hall–Kier alpha value is -1.28. The van der Waals surface area contributed by atoms with E-state index in [1.54, 1.807) is 0 Å². The number of thioether (sulfide) groups is 1. The Balaban J connectivity index is 3.74. The fourth-order valence-electron chi connectivity index (χ4n) is 0.772. The van der Waals surface area contributed by atoms with Gasteiger partial charge in [0.25, 0.3) is 0 Å². The molecule has 5 N–H and O–H groups in total. The van der Waals surface area contributed by atoms with E-state index < -0.39 is 17.5 Å². The standard InChI is InChI=1S/C9H16N2O5S/c1-9(16,8(14)15)5-11-7(13)2-3-17-4-6(10)12/h16H,2-5H2,1H3,(H2,10,12)(H,11,13)(H,14,15). The van der Waals surface area contributed by atoms with Crippen molar-refractivity contribution >= 4 is 29.5 Å². The van der Waals surface area contributed by atoms with E-state index in [9.17, 15) is 19.5 Å².